The molecule has 1 heterocycles. The lowest BCUT2D eigenvalue weighted by atomic mass is 9.88. The van der Waals surface area contributed by atoms with Crippen LogP contribution in [0.25, 0.3) is 0 Å². The van der Waals surface area contributed by atoms with E-state index in [9.17, 15) is 4.79 Å². The number of ketones is 1. The maximum Gasteiger partial charge on any atom is 0.136 e. The summed E-state index contributed by atoms with van der Waals surface area (Å²) in [5.41, 5.74) is 1.41. The highest BCUT2D eigenvalue weighted by atomic mass is 16.1. The Morgan fingerprint density at radius 2 is 2.06 bits per heavy atom. The molecule has 2 rings (SSSR count). The molecule has 3 nitrogen and oxygen atoms in total. The summed E-state index contributed by atoms with van der Waals surface area (Å²) in [6.07, 6.45) is 1.12. The number of piperidine rings is 1. The molecule has 0 atom stereocenters. The molecule has 3 heteroatoms. The first kappa shape index (κ1) is 11.7. The molecule has 0 N–H and O–H groups in total. The van der Waals surface area contributed by atoms with Crippen LogP contribution in [0.5, 0.6) is 0 Å². The van der Waals surface area contributed by atoms with Gasteiger partial charge in [-0.05, 0) is 26.0 Å². The Kier molecular flexibility index (Phi) is 2.89. The van der Waals surface area contributed by atoms with Crippen molar-refractivity contribution >= 4 is 11.5 Å². The van der Waals surface area contributed by atoms with Gasteiger partial charge in [0, 0.05) is 24.9 Å². The third kappa shape index (κ3) is 2.16. The predicted octanol–water partition coefficient (Wildman–Crippen LogP) is 2.51. The zero-order chi connectivity index (χ0) is 12.5. The molecule has 88 valence electrons. The minimum Gasteiger partial charge on any atom is -0.364 e. The second-order valence-electron chi connectivity index (χ2n) is 5.06. The molecule has 0 saturated carbocycles. The van der Waals surface area contributed by atoms with Gasteiger partial charge < -0.3 is 4.90 Å². The molecule has 1 fully saturated rings. The SMILES string of the molecule is CC1(C)CC(=O)CCN1c1ccccc1C#N. The molecular weight excluding hydrogens is 212 g/mol. The highest BCUT2D eigenvalue weighted by molar-refractivity contribution is 5.83. The van der Waals surface area contributed by atoms with Gasteiger partial charge in [0.05, 0.1) is 11.3 Å². The van der Waals surface area contributed by atoms with Crippen LogP contribution in [0.15, 0.2) is 24.3 Å². The van der Waals surface area contributed by atoms with Gasteiger partial charge >= 0.3 is 0 Å². The monoisotopic (exact) mass is 228 g/mol. The van der Waals surface area contributed by atoms with Gasteiger partial charge in [0.15, 0.2) is 0 Å². The molecule has 0 spiro atoms. The van der Waals surface area contributed by atoms with Crippen LogP contribution >= 0.6 is 0 Å². The third-order valence-corrected chi connectivity index (χ3v) is 3.29. The van der Waals surface area contributed by atoms with E-state index in [2.05, 4.69) is 24.8 Å². The quantitative estimate of drug-likeness (QED) is 0.741. The fraction of sp³-hybridized carbons (Fsp3) is 0.429. The number of carbonyl (C=O) groups excluding carboxylic acids is 1. The van der Waals surface area contributed by atoms with Crippen LogP contribution in [-0.4, -0.2) is 17.9 Å². The van der Waals surface area contributed by atoms with Gasteiger partial charge in [-0.2, -0.15) is 5.26 Å². The van der Waals surface area contributed by atoms with Crippen LogP contribution in [0.4, 0.5) is 5.69 Å². The van der Waals surface area contributed by atoms with E-state index in [0.29, 0.717) is 30.7 Å². The fourth-order valence-electron chi connectivity index (χ4n) is 2.46. The lowest BCUT2D eigenvalue weighted by Gasteiger charge is -2.43. The number of hydrogen-bond acceptors (Lipinski definition) is 3. The van der Waals surface area contributed by atoms with Crippen molar-refractivity contribution in [2.75, 3.05) is 11.4 Å². The van der Waals surface area contributed by atoms with Crippen LogP contribution < -0.4 is 4.90 Å². The number of benzene rings is 1. The molecule has 0 radical (unpaired) electrons. The van der Waals surface area contributed by atoms with Gasteiger partial charge in [-0.1, -0.05) is 12.1 Å². The summed E-state index contributed by atoms with van der Waals surface area (Å²) >= 11 is 0. The van der Waals surface area contributed by atoms with Gasteiger partial charge in [0.1, 0.15) is 11.9 Å². The molecule has 1 aromatic rings. The third-order valence-electron chi connectivity index (χ3n) is 3.29. The van der Waals surface area contributed by atoms with Crippen molar-refractivity contribution < 1.29 is 4.79 Å². The zero-order valence-electron chi connectivity index (χ0n) is 10.2. The van der Waals surface area contributed by atoms with Crippen molar-refractivity contribution in [1.29, 1.82) is 5.26 Å². The van der Waals surface area contributed by atoms with E-state index in [0.717, 1.165) is 5.69 Å². The molecule has 1 aliphatic rings. The summed E-state index contributed by atoms with van der Waals surface area (Å²) < 4.78 is 0. The van der Waals surface area contributed by atoms with E-state index in [1.807, 2.05) is 24.3 Å². The van der Waals surface area contributed by atoms with Gasteiger partial charge in [-0.3, -0.25) is 4.79 Å². The van der Waals surface area contributed by atoms with E-state index in [1.54, 1.807) is 0 Å². The van der Waals surface area contributed by atoms with Crippen LogP contribution in [0.1, 0.15) is 32.3 Å². The Hall–Kier alpha value is -1.82. The Bertz CT molecular complexity index is 485. The highest BCUT2D eigenvalue weighted by Gasteiger charge is 2.34. The summed E-state index contributed by atoms with van der Waals surface area (Å²) in [4.78, 5) is 13.7. The predicted molar refractivity (Wildman–Crippen MR) is 66.8 cm³/mol. The number of para-hydroxylation sites is 1. The molecule has 0 amide bonds. The molecule has 0 aromatic heterocycles. The van der Waals surface area contributed by atoms with Crippen molar-refractivity contribution in [2.45, 2.75) is 32.2 Å². The number of Topliss-reactive ketones (excluding diaryl/α,β-unsaturated/α-hetero) is 1. The second-order valence-corrected chi connectivity index (χ2v) is 5.06. The summed E-state index contributed by atoms with van der Waals surface area (Å²) in [6.45, 7) is 4.81. The summed E-state index contributed by atoms with van der Waals surface area (Å²) in [5.74, 6) is 0.306. The first-order chi connectivity index (χ1) is 8.04. The Labute approximate surface area is 102 Å². The van der Waals surface area contributed by atoms with Gasteiger partial charge in [0.2, 0.25) is 0 Å². The molecule has 1 aromatic carbocycles. The Balaban J connectivity index is 2.40. The average Bonchev–Trinajstić information content (AvgIpc) is 2.28. The number of nitriles is 1. The van der Waals surface area contributed by atoms with E-state index < -0.39 is 0 Å². The van der Waals surface area contributed by atoms with Crippen molar-refractivity contribution in [3.8, 4) is 6.07 Å². The van der Waals surface area contributed by atoms with Crippen LogP contribution in [0.3, 0.4) is 0 Å². The number of rotatable bonds is 1. The summed E-state index contributed by atoms with van der Waals surface area (Å²) in [5, 5.41) is 9.13. The molecule has 0 bridgehead atoms. The number of nitrogens with zero attached hydrogens (tertiary/aromatic N) is 2. The van der Waals surface area contributed by atoms with E-state index in [4.69, 9.17) is 5.26 Å². The van der Waals surface area contributed by atoms with Gasteiger partial charge in [-0.15, -0.1) is 0 Å². The van der Waals surface area contributed by atoms with E-state index in [-0.39, 0.29) is 5.54 Å². The van der Waals surface area contributed by atoms with E-state index in [1.165, 1.54) is 0 Å². The normalized spacial score (nSPS) is 18.9. The van der Waals surface area contributed by atoms with Crippen molar-refractivity contribution in [3.05, 3.63) is 29.8 Å². The number of anilines is 1. The van der Waals surface area contributed by atoms with Crippen molar-refractivity contribution in [1.82, 2.24) is 0 Å². The highest BCUT2D eigenvalue weighted by Crippen LogP contribution is 2.32. The number of carbonyl (C=O) groups is 1. The van der Waals surface area contributed by atoms with Crippen molar-refractivity contribution in [2.24, 2.45) is 0 Å². The summed E-state index contributed by atoms with van der Waals surface area (Å²) in [7, 11) is 0. The molecular formula is C14H16N2O. The average molecular weight is 228 g/mol. The van der Waals surface area contributed by atoms with Crippen molar-refractivity contribution in [3.63, 3.8) is 0 Å². The maximum absolute atomic E-state index is 11.5. The molecule has 0 aliphatic carbocycles. The summed E-state index contributed by atoms with van der Waals surface area (Å²) in [6, 6.07) is 9.79. The lowest BCUT2D eigenvalue weighted by molar-refractivity contribution is -0.121. The Morgan fingerprint density at radius 3 is 2.71 bits per heavy atom. The molecule has 1 saturated heterocycles. The topological polar surface area (TPSA) is 44.1 Å². The largest absolute Gasteiger partial charge is 0.364 e. The molecule has 1 aliphatic heterocycles. The van der Waals surface area contributed by atoms with Crippen LogP contribution in [-0.2, 0) is 4.79 Å². The first-order valence-electron chi connectivity index (χ1n) is 5.83. The second kappa shape index (κ2) is 4.21. The standard InChI is InChI=1S/C14H16N2O/c1-14(2)9-12(17)7-8-16(14)13-6-4-3-5-11(13)10-15/h3-6H,7-9H2,1-2H3. The minimum absolute atomic E-state index is 0.206. The minimum atomic E-state index is -0.206. The lowest BCUT2D eigenvalue weighted by Crippen LogP contribution is -2.50. The van der Waals surface area contributed by atoms with Crippen LogP contribution in [0.2, 0.25) is 0 Å². The molecule has 0 unspecified atom stereocenters. The van der Waals surface area contributed by atoms with E-state index >= 15 is 0 Å². The molecule has 17 heavy (non-hydrogen) atoms. The van der Waals surface area contributed by atoms with Gasteiger partial charge in [-0.25, -0.2) is 0 Å². The first-order valence-corrected chi connectivity index (χ1v) is 5.83. The maximum atomic E-state index is 11.5. The Morgan fingerprint density at radius 1 is 1.35 bits per heavy atom. The fourth-order valence-corrected chi connectivity index (χ4v) is 2.46. The number of hydrogen-bond donors (Lipinski definition) is 0. The zero-order valence-corrected chi connectivity index (χ0v) is 10.2. The van der Waals surface area contributed by atoms with Gasteiger partial charge in [0.25, 0.3) is 0 Å². The smallest absolute Gasteiger partial charge is 0.136 e. The van der Waals surface area contributed by atoms with Crippen LogP contribution in [0, 0.1) is 11.3 Å².